The van der Waals surface area contributed by atoms with E-state index in [-0.39, 0.29) is 0 Å². The van der Waals surface area contributed by atoms with Crippen molar-refractivity contribution in [3.8, 4) is 0 Å². The second kappa shape index (κ2) is 6.51. The number of fused-ring (bicyclic) bond motifs is 3. The second-order valence-corrected chi connectivity index (χ2v) is 8.66. The van der Waals surface area contributed by atoms with E-state index in [2.05, 4.69) is 70.1 Å². The molecule has 4 heteroatoms. The Bertz CT molecular complexity index is 906. The van der Waals surface area contributed by atoms with Crippen molar-refractivity contribution in [2.75, 3.05) is 0 Å². The van der Waals surface area contributed by atoms with Crippen LogP contribution in [0.4, 0.5) is 0 Å². The molecule has 0 amide bonds. The Balaban J connectivity index is 1.57. The van der Waals surface area contributed by atoms with E-state index >= 15 is 0 Å². The molecule has 0 radical (unpaired) electrons. The Hall–Kier alpha value is -1.36. The van der Waals surface area contributed by atoms with Gasteiger partial charge in [0.25, 0.3) is 0 Å². The molecule has 0 aliphatic heterocycles. The third-order valence-electron chi connectivity index (χ3n) is 4.77. The highest BCUT2D eigenvalue weighted by Crippen LogP contribution is 2.36. The summed E-state index contributed by atoms with van der Waals surface area (Å²) in [5.74, 6) is 0. The summed E-state index contributed by atoms with van der Waals surface area (Å²) >= 11 is 5.44. The fraction of sp³-hybridized carbons (Fsp3) is 0.300. The number of hydrogen-bond donors (Lipinski definition) is 2. The number of benzene rings is 1. The first-order chi connectivity index (χ1) is 11.6. The van der Waals surface area contributed by atoms with E-state index in [0.29, 0.717) is 6.04 Å². The predicted octanol–water partition coefficient (Wildman–Crippen LogP) is 6.19. The maximum absolute atomic E-state index is 4.03. The van der Waals surface area contributed by atoms with Crippen LogP contribution in [-0.4, -0.2) is 4.98 Å². The highest BCUT2D eigenvalue weighted by Gasteiger charge is 2.24. The number of aryl methyl sites for hydroxylation is 1. The quantitative estimate of drug-likeness (QED) is 0.536. The highest BCUT2D eigenvalue weighted by atomic mass is 79.9. The molecular formula is C20H21BrN2S. The molecule has 2 nitrogen and oxygen atoms in total. The Labute approximate surface area is 155 Å². The maximum atomic E-state index is 4.03. The molecule has 0 unspecified atom stereocenters. The summed E-state index contributed by atoms with van der Waals surface area (Å²) in [5, 5.41) is 5.13. The number of nitrogens with one attached hydrogen (secondary N) is 2. The van der Waals surface area contributed by atoms with Crippen LogP contribution < -0.4 is 5.32 Å². The van der Waals surface area contributed by atoms with Crippen molar-refractivity contribution in [3.63, 3.8) is 0 Å². The third kappa shape index (κ3) is 2.99. The smallest absolute Gasteiger partial charge is 0.0479 e. The van der Waals surface area contributed by atoms with Crippen molar-refractivity contribution in [2.45, 2.75) is 38.8 Å². The van der Waals surface area contributed by atoms with Gasteiger partial charge in [-0.25, -0.2) is 0 Å². The minimum Gasteiger partial charge on any atom is -0.357 e. The lowest BCUT2D eigenvalue weighted by atomic mass is 9.91. The van der Waals surface area contributed by atoms with Gasteiger partial charge in [0.2, 0.25) is 0 Å². The minimum atomic E-state index is 0.412. The molecule has 2 N–H and O–H groups in total. The summed E-state index contributed by atoms with van der Waals surface area (Å²) < 4.78 is 1.15. The average Bonchev–Trinajstić information content (AvgIpc) is 3.17. The monoisotopic (exact) mass is 400 g/mol. The van der Waals surface area contributed by atoms with E-state index in [1.807, 2.05) is 11.3 Å². The van der Waals surface area contributed by atoms with Gasteiger partial charge in [-0.2, -0.15) is 0 Å². The standard InChI is InChI=1S/C20H21BrN2S/c1-12(2)19-9-7-14(24-19)11-22-18-5-3-4-15-16-10-13(21)6-8-17(16)23-20(15)18/h6-10,18,22-23H,1,3-5,11H2,2H3/t18-/m1/s1. The van der Waals surface area contributed by atoms with Gasteiger partial charge in [-0.05, 0) is 67.7 Å². The molecule has 1 atom stereocenters. The topological polar surface area (TPSA) is 27.8 Å². The number of aromatic nitrogens is 1. The van der Waals surface area contributed by atoms with Crippen molar-refractivity contribution in [3.05, 3.63) is 62.4 Å². The van der Waals surface area contributed by atoms with Crippen LogP contribution in [0.3, 0.4) is 0 Å². The van der Waals surface area contributed by atoms with Crippen LogP contribution in [0, 0.1) is 0 Å². The Morgan fingerprint density at radius 2 is 2.25 bits per heavy atom. The van der Waals surface area contributed by atoms with Crippen LogP contribution >= 0.6 is 27.3 Å². The first-order valence-electron chi connectivity index (χ1n) is 8.40. The minimum absolute atomic E-state index is 0.412. The van der Waals surface area contributed by atoms with Gasteiger partial charge >= 0.3 is 0 Å². The molecule has 0 spiro atoms. The number of halogens is 1. The Morgan fingerprint density at radius 1 is 1.38 bits per heavy atom. The summed E-state index contributed by atoms with van der Waals surface area (Å²) in [4.78, 5) is 6.32. The molecule has 0 saturated carbocycles. The number of rotatable bonds is 4. The fourth-order valence-electron chi connectivity index (χ4n) is 3.57. The van der Waals surface area contributed by atoms with E-state index in [1.165, 1.54) is 51.2 Å². The highest BCUT2D eigenvalue weighted by molar-refractivity contribution is 9.10. The van der Waals surface area contributed by atoms with Crippen LogP contribution in [0.5, 0.6) is 0 Å². The van der Waals surface area contributed by atoms with Crippen molar-refractivity contribution in [1.82, 2.24) is 10.3 Å². The first-order valence-corrected chi connectivity index (χ1v) is 10.0. The molecular weight excluding hydrogens is 380 g/mol. The van der Waals surface area contributed by atoms with Crippen LogP contribution in [0.25, 0.3) is 16.5 Å². The molecule has 2 aromatic heterocycles. The summed E-state index contributed by atoms with van der Waals surface area (Å²) in [6.07, 6.45) is 3.61. The molecule has 1 aliphatic rings. The lowest BCUT2D eigenvalue weighted by Gasteiger charge is -2.23. The fourth-order valence-corrected chi connectivity index (χ4v) is 4.81. The van der Waals surface area contributed by atoms with Gasteiger partial charge in [-0.15, -0.1) is 11.3 Å². The van der Waals surface area contributed by atoms with Crippen LogP contribution in [0.2, 0.25) is 0 Å². The molecule has 2 heterocycles. The van der Waals surface area contributed by atoms with Crippen LogP contribution in [0.1, 0.15) is 46.8 Å². The van der Waals surface area contributed by atoms with Crippen molar-refractivity contribution < 1.29 is 0 Å². The Kier molecular flexibility index (Phi) is 4.37. The van der Waals surface area contributed by atoms with Crippen molar-refractivity contribution in [1.29, 1.82) is 0 Å². The van der Waals surface area contributed by atoms with Gasteiger partial charge in [0, 0.05) is 43.4 Å². The van der Waals surface area contributed by atoms with E-state index in [1.54, 1.807) is 0 Å². The van der Waals surface area contributed by atoms with Gasteiger partial charge < -0.3 is 10.3 Å². The van der Waals surface area contributed by atoms with Gasteiger partial charge in [0.15, 0.2) is 0 Å². The molecule has 4 rings (SSSR count). The first kappa shape index (κ1) is 16.1. The third-order valence-corrected chi connectivity index (χ3v) is 6.51. The molecule has 0 fully saturated rings. The number of allylic oxidation sites excluding steroid dienone is 1. The molecule has 1 aromatic carbocycles. The molecule has 124 valence electrons. The largest absolute Gasteiger partial charge is 0.357 e. The van der Waals surface area contributed by atoms with E-state index in [4.69, 9.17) is 0 Å². The number of aromatic amines is 1. The van der Waals surface area contributed by atoms with E-state index < -0.39 is 0 Å². The normalized spacial score (nSPS) is 17.2. The van der Waals surface area contributed by atoms with E-state index in [0.717, 1.165) is 16.6 Å². The van der Waals surface area contributed by atoms with Gasteiger partial charge in [-0.3, -0.25) is 0 Å². The van der Waals surface area contributed by atoms with Gasteiger partial charge in [-0.1, -0.05) is 22.5 Å². The lowest BCUT2D eigenvalue weighted by molar-refractivity contribution is 0.454. The number of thiophene rings is 1. The molecule has 3 aromatic rings. The van der Waals surface area contributed by atoms with E-state index in [9.17, 15) is 0 Å². The van der Waals surface area contributed by atoms with Crippen LogP contribution in [-0.2, 0) is 13.0 Å². The van der Waals surface area contributed by atoms with Crippen LogP contribution in [0.15, 0.2) is 41.4 Å². The number of hydrogen-bond acceptors (Lipinski definition) is 2. The zero-order valence-electron chi connectivity index (χ0n) is 13.8. The summed E-state index contributed by atoms with van der Waals surface area (Å²) in [6.45, 7) is 7.02. The van der Waals surface area contributed by atoms with Gasteiger partial charge in [0.05, 0.1) is 0 Å². The predicted molar refractivity (Wildman–Crippen MR) is 108 cm³/mol. The average molecular weight is 401 g/mol. The SMILES string of the molecule is C=C(C)c1ccc(CN[C@@H]2CCCc3c2[nH]c2ccc(Br)cc32)s1. The summed E-state index contributed by atoms with van der Waals surface area (Å²) in [7, 11) is 0. The van der Waals surface area contributed by atoms with Gasteiger partial charge in [0.1, 0.15) is 0 Å². The molecule has 24 heavy (non-hydrogen) atoms. The summed E-state index contributed by atoms with van der Waals surface area (Å²) in [6, 6.07) is 11.3. The number of H-pyrrole nitrogens is 1. The molecule has 1 aliphatic carbocycles. The lowest BCUT2D eigenvalue weighted by Crippen LogP contribution is -2.24. The maximum Gasteiger partial charge on any atom is 0.0479 e. The van der Waals surface area contributed by atoms with Crippen molar-refractivity contribution >= 4 is 43.7 Å². The second-order valence-electron chi connectivity index (χ2n) is 6.58. The zero-order chi connectivity index (χ0) is 16.7. The van der Waals surface area contributed by atoms with Crippen molar-refractivity contribution in [2.24, 2.45) is 0 Å². The molecule has 0 saturated heterocycles. The Morgan fingerprint density at radius 3 is 3.04 bits per heavy atom. The summed E-state index contributed by atoms with van der Waals surface area (Å²) in [5.41, 5.74) is 5.26. The molecule has 0 bridgehead atoms. The zero-order valence-corrected chi connectivity index (χ0v) is 16.2.